The number of Topliss-reactive ketones (excluding diaryl/α,β-unsaturated/α-hetero) is 1. The molecule has 2 aromatic carbocycles. The molecule has 0 bridgehead atoms. The molecule has 12 heteroatoms. The van der Waals surface area contributed by atoms with Gasteiger partial charge in [0.05, 0.1) is 21.7 Å². The number of fused-ring (bicyclic) bond motifs is 1. The van der Waals surface area contributed by atoms with Crippen LogP contribution in [0.1, 0.15) is 60.1 Å². The number of carbonyl (C=O) groups is 2. The largest absolute Gasteiger partial charge is 0.354 e. The van der Waals surface area contributed by atoms with Crippen molar-refractivity contribution in [2.75, 3.05) is 18.1 Å². The van der Waals surface area contributed by atoms with E-state index >= 15 is 0 Å². The Morgan fingerprint density at radius 2 is 1.65 bits per heavy atom. The molecule has 1 unspecified atom stereocenters. The number of nitrogens with one attached hydrogen (secondary N) is 1. The summed E-state index contributed by atoms with van der Waals surface area (Å²) in [6.45, 7) is 3.43. The number of aromatic nitrogens is 1. The van der Waals surface area contributed by atoms with Crippen LogP contribution in [0.2, 0.25) is 0 Å². The molecule has 1 heterocycles. The Labute approximate surface area is 221 Å². The molecule has 1 aromatic heterocycles. The predicted octanol–water partition coefficient (Wildman–Crippen LogP) is 3.61. The summed E-state index contributed by atoms with van der Waals surface area (Å²) in [6.07, 6.45) is 2.64. The number of unbranched alkanes of at least 4 members (excludes halogenated alkanes) is 1. The lowest BCUT2D eigenvalue weighted by Gasteiger charge is -2.15. The van der Waals surface area contributed by atoms with Crippen LogP contribution in [0.25, 0.3) is 21.3 Å². The van der Waals surface area contributed by atoms with E-state index in [2.05, 4.69) is 10.3 Å². The standard InChI is InChI=1S/C25H31N3O6S3/c1-3-5-6-21(29)18-9-7-17(8-10-18)19-11-12-20-22(16-19)35-25(28-20)23(36(31,32)14-4-2)24(30)27-13-15-37(26,33)34/h7-12,16,23H,3-6,13-15H2,1-2H3,(H,27,30)(H2,26,33,34). The van der Waals surface area contributed by atoms with Crippen LogP contribution in [0.5, 0.6) is 0 Å². The van der Waals surface area contributed by atoms with Gasteiger partial charge in [0.15, 0.2) is 20.9 Å². The number of hydrogen-bond acceptors (Lipinski definition) is 8. The number of thiazole rings is 1. The minimum Gasteiger partial charge on any atom is -0.354 e. The molecule has 37 heavy (non-hydrogen) atoms. The Morgan fingerprint density at radius 1 is 0.973 bits per heavy atom. The first-order valence-electron chi connectivity index (χ1n) is 12.0. The van der Waals surface area contributed by atoms with Gasteiger partial charge < -0.3 is 5.32 Å². The number of sulfone groups is 1. The summed E-state index contributed by atoms with van der Waals surface area (Å²) in [5.41, 5.74) is 2.96. The van der Waals surface area contributed by atoms with Crippen molar-refractivity contribution in [1.29, 1.82) is 0 Å². The van der Waals surface area contributed by atoms with Crippen molar-refractivity contribution in [2.24, 2.45) is 5.14 Å². The summed E-state index contributed by atoms with van der Waals surface area (Å²) in [5, 5.41) is 5.91. The summed E-state index contributed by atoms with van der Waals surface area (Å²) in [5.74, 6) is -1.45. The van der Waals surface area contributed by atoms with Gasteiger partial charge in [0.1, 0.15) is 5.01 Å². The third-order valence-corrected chi connectivity index (χ3v) is 9.84. The fourth-order valence-electron chi connectivity index (χ4n) is 3.80. The molecule has 3 rings (SSSR count). The quantitative estimate of drug-likeness (QED) is 0.300. The van der Waals surface area contributed by atoms with Crippen LogP contribution in [0.3, 0.4) is 0 Å². The Bertz CT molecular complexity index is 1480. The molecule has 3 aromatic rings. The number of nitrogens with zero attached hydrogens (tertiary/aromatic N) is 1. The molecule has 3 N–H and O–H groups in total. The number of nitrogens with two attached hydrogens (primary N) is 1. The van der Waals surface area contributed by atoms with Gasteiger partial charge in [-0.2, -0.15) is 0 Å². The van der Waals surface area contributed by atoms with E-state index in [4.69, 9.17) is 5.14 Å². The van der Waals surface area contributed by atoms with E-state index in [0.717, 1.165) is 35.3 Å². The lowest BCUT2D eigenvalue weighted by molar-refractivity contribution is -0.120. The molecule has 0 aliphatic carbocycles. The van der Waals surface area contributed by atoms with Crippen molar-refractivity contribution in [2.45, 2.75) is 44.8 Å². The van der Waals surface area contributed by atoms with Crippen LogP contribution < -0.4 is 10.5 Å². The van der Waals surface area contributed by atoms with Crippen LogP contribution in [0, 0.1) is 0 Å². The maximum Gasteiger partial charge on any atom is 0.245 e. The van der Waals surface area contributed by atoms with Crippen LogP contribution in [-0.4, -0.2) is 51.6 Å². The topological polar surface area (TPSA) is 153 Å². The minimum atomic E-state index is -3.90. The molecule has 200 valence electrons. The van der Waals surface area contributed by atoms with E-state index in [0.29, 0.717) is 28.6 Å². The lowest BCUT2D eigenvalue weighted by Crippen LogP contribution is -2.38. The molecule has 0 saturated heterocycles. The first-order chi connectivity index (χ1) is 17.4. The number of amides is 1. The SMILES string of the molecule is CCCCC(=O)c1ccc(-c2ccc3nc(C(C(=O)NCCS(N)(=O)=O)S(=O)(=O)CCC)sc3c2)cc1. The molecule has 0 fully saturated rings. The van der Waals surface area contributed by atoms with E-state index < -0.39 is 36.8 Å². The van der Waals surface area contributed by atoms with Gasteiger partial charge in [0, 0.05) is 18.5 Å². The van der Waals surface area contributed by atoms with Gasteiger partial charge >= 0.3 is 0 Å². The second-order valence-electron chi connectivity index (χ2n) is 8.74. The number of ketones is 1. The summed E-state index contributed by atoms with van der Waals surface area (Å²) in [7, 11) is -7.71. The smallest absolute Gasteiger partial charge is 0.245 e. The zero-order valence-electron chi connectivity index (χ0n) is 20.8. The highest BCUT2D eigenvalue weighted by Crippen LogP contribution is 2.34. The lowest BCUT2D eigenvalue weighted by atomic mass is 10.0. The average Bonchev–Trinajstić information content (AvgIpc) is 3.24. The molecule has 0 aliphatic heterocycles. The third kappa shape index (κ3) is 7.67. The van der Waals surface area contributed by atoms with Crippen LogP contribution in [0.15, 0.2) is 42.5 Å². The van der Waals surface area contributed by atoms with Crippen molar-refractivity contribution in [3.8, 4) is 11.1 Å². The fourth-order valence-corrected chi connectivity index (χ4v) is 7.34. The number of benzene rings is 2. The van der Waals surface area contributed by atoms with Crippen molar-refractivity contribution < 1.29 is 26.4 Å². The third-order valence-electron chi connectivity index (χ3n) is 5.70. The van der Waals surface area contributed by atoms with Gasteiger partial charge in [-0.15, -0.1) is 11.3 Å². The van der Waals surface area contributed by atoms with Crippen LogP contribution in [-0.2, 0) is 24.7 Å². The van der Waals surface area contributed by atoms with Gasteiger partial charge in [-0.05, 0) is 36.1 Å². The molecule has 0 spiro atoms. The second-order valence-corrected chi connectivity index (χ2v) is 13.7. The van der Waals surface area contributed by atoms with Gasteiger partial charge in [0.25, 0.3) is 0 Å². The maximum atomic E-state index is 13.0. The Kier molecular flexibility index (Phi) is 9.57. The second kappa shape index (κ2) is 12.2. The zero-order chi connectivity index (χ0) is 27.2. The van der Waals surface area contributed by atoms with E-state index in [1.54, 1.807) is 25.1 Å². The Morgan fingerprint density at radius 3 is 2.27 bits per heavy atom. The molecule has 0 aliphatic rings. The monoisotopic (exact) mass is 565 g/mol. The van der Waals surface area contributed by atoms with E-state index in [1.807, 2.05) is 31.2 Å². The van der Waals surface area contributed by atoms with Crippen LogP contribution >= 0.6 is 11.3 Å². The van der Waals surface area contributed by atoms with Gasteiger partial charge in [-0.25, -0.2) is 27.0 Å². The molecule has 0 radical (unpaired) electrons. The number of hydrogen-bond donors (Lipinski definition) is 2. The molecule has 0 saturated carbocycles. The minimum absolute atomic E-state index is 0.109. The summed E-state index contributed by atoms with van der Waals surface area (Å²) in [6, 6.07) is 12.8. The van der Waals surface area contributed by atoms with Crippen molar-refractivity contribution in [3.63, 3.8) is 0 Å². The maximum absolute atomic E-state index is 13.0. The van der Waals surface area contributed by atoms with Crippen LogP contribution in [0.4, 0.5) is 0 Å². The number of sulfonamides is 1. The van der Waals surface area contributed by atoms with Crippen molar-refractivity contribution in [3.05, 3.63) is 53.0 Å². The van der Waals surface area contributed by atoms with Gasteiger partial charge in [-0.1, -0.05) is 50.6 Å². The van der Waals surface area contributed by atoms with Crippen molar-refractivity contribution >= 4 is 53.1 Å². The van der Waals surface area contributed by atoms with E-state index in [-0.39, 0.29) is 23.1 Å². The summed E-state index contributed by atoms with van der Waals surface area (Å²) >= 11 is 1.10. The van der Waals surface area contributed by atoms with E-state index in [1.165, 1.54) is 0 Å². The number of primary sulfonamides is 1. The number of carbonyl (C=O) groups excluding carboxylic acids is 2. The Balaban J connectivity index is 1.90. The molecular weight excluding hydrogens is 534 g/mol. The normalized spacial score (nSPS) is 12.9. The average molecular weight is 566 g/mol. The summed E-state index contributed by atoms with van der Waals surface area (Å²) < 4.78 is 49.1. The molecule has 1 atom stereocenters. The van der Waals surface area contributed by atoms with Gasteiger partial charge in [-0.3, -0.25) is 9.59 Å². The summed E-state index contributed by atoms with van der Waals surface area (Å²) in [4.78, 5) is 29.6. The van der Waals surface area contributed by atoms with Crippen molar-refractivity contribution in [1.82, 2.24) is 10.3 Å². The highest BCUT2D eigenvalue weighted by atomic mass is 32.2. The highest BCUT2D eigenvalue weighted by Gasteiger charge is 2.36. The first-order valence-corrected chi connectivity index (χ1v) is 16.2. The highest BCUT2D eigenvalue weighted by molar-refractivity contribution is 7.92. The Hall–Kier alpha value is -2.67. The van der Waals surface area contributed by atoms with Gasteiger partial charge in [0.2, 0.25) is 15.9 Å². The number of rotatable bonds is 13. The molecular formula is C25H31N3O6S3. The van der Waals surface area contributed by atoms with E-state index in [9.17, 15) is 26.4 Å². The fraction of sp³-hybridized carbons (Fsp3) is 0.400. The zero-order valence-corrected chi connectivity index (χ0v) is 23.2. The molecule has 1 amide bonds. The predicted molar refractivity (Wildman–Crippen MR) is 147 cm³/mol. The first kappa shape index (κ1) is 28.9. The molecule has 9 nitrogen and oxygen atoms in total.